The predicted octanol–water partition coefficient (Wildman–Crippen LogP) is 4.10. The number of amides is 2. The Morgan fingerprint density at radius 2 is 1.69 bits per heavy atom. The topological polar surface area (TPSA) is 65.6 Å². The number of nitrogens with one attached hydrogen (secondary N) is 1. The van der Waals surface area contributed by atoms with E-state index in [-0.39, 0.29) is 24.4 Å². The average Bonchev–Trinajstić information content (AvgIpc) is 3.28. The maximum absolute atomic E-state index is 13.8. The number of hydrogen-bond acceptors (Lipinski definition) is 3. The molecule has 6 nitrogen and oxygen atoms in total. The molecule has 4 aromatic rings. The Morgan fingerprint density at radius 1 is 0.943 bits per heavy atom. The van der Waals surface area contributed by atoms with Crippen LogP contribution in [0.5, 0.6) is 5.75 Å². The summed E-state index contributed by atoms with van der Waals surface area (Å²) in [5.74, 6) is 0.815. The smallest absolute Gasteiger partial charge is 0.246 e. The van der Waals surface area contributed by atoms with Crippen LogP contribution in [-0.4, -0.2) is 52.8 Å². The Kier molecular flexibility index (Phi) is 5.29. The fourth-order valence-electron chi connectivity index (χ4n) is 5.55. The second-order valence-corrected chi connectivity index (χ2v) is 9.25. The molecule has 6 rings (SSSR count). The molecule has 0 aliphatic carbocycles. The van der Waals surface area contributed by atoms with Gasteiger partial charge in [0.15, 0.2) is 0 Å². The van der Waals surface area contributed by atoms with Gasteiger partial charge in [-0.25, -0.2) is 0 Å². The fourth-order valence-corrected chi connectivity index (χ4v) is 5.55. The van der Waals surface area contributed by atoms with Gasteiger partial charge in [0.2, 0.25) is 11.8 Å². The molecular formula is C29H27N3O3. The number of methoxy groups -OCH3 is 1. The van der Waals surface area contributed by atoms with Crippen molar-refractivity contribution in [3.63, 3.8) is 0 Å². The summed E-state index contributed by atoms with van der Waals surface area (Å²) in [6.45, 7) is 0.613. The number of H-pyrrole nitrogens is 1. The van der Waals surface area contributed by atoms with E-state index in [1.807, 2.05) is 71.6 Å². The molecule has 2 aliphatic heterocycles. The van der Waals surface area contributed by atoms with Crippen LogP contribution in [0.1, 0.15) is 28.4 Å². The molecule has 0 radical (unpaired) electrons. The number of nitrogens with zero attached hydrogens (tertiary/aromatic N) is 2. The van der Waals surface area contributed by atoms with Gasteiger partial charge in [-0.05, 0) is 41.3 Å². The van der Waals surface area contributed by atoms with E-state index in [0.29, 0.717) is 19.4 Å². The SMILES string of the molecule is COc1ccc(CCN2CC(=O)N3C(c4ccccc4)c4[nH]c5ccccc5c4C[C@H]3C2=O)cc1. The van der Waals surface area contributed by atoms with Crippen molar-refractivity contribution in [1.82, 2.24) is 14.8 Å². The number of carbonyl (C=O) groups excluding carboxylic acids is 2. The quantitative estimate of drug-likeness (QED) is 0.483. The molecule has 1 aromatic heterocycles. The zero-order valence-electron chi connectivity index (χ0n) is 19.6. The normalized spacial score (nSPS) is 19.6. The summed E-state index contributed by atoms with van der Waals surface area (Å²) in [4.78, 5) is 34.5. The van der Waals surface area contributed by atoms with Crippen LogP contribution in [0.4, 0.5) is 0 Å². The maximum atomic E-state index is 13.8. The number of aromatic amines is 1. The molecular weight excluding hydrogens is 438 g/mol. The summed E-state index contributed by atoms with van der Waals surface area (Å²) >= 11 is 0. The van der Waals surface area contributed by atoms with Crippen molar-refractivity contribution in [3.8, 4) is 5.75 Å². The molecule has 1 saturated heterocycles. The highest BCUT2D eigenvalue weighted by molar-refractivity contribution is 5.97. The molecule has 176 valence electrons. The maximum Gasteiger partial charge on any atom is 0.246 e. The first kappa shape index (κ1) is 21.5. The molecule has 0 saturated carbocycles. The van der Waals surface area contributed by atoms with E-state index in [1.165, 1.54) is 0 Å². The van der Waals surface area contributed by atoms with Crippen LogP contribution in [0.25, 0.3) is 10.9 Å². The number of para-hydroxylation sites is 1. The summed E-state index contributed by atoms with van der Waals surface area (Å²) in [7, 11) is 1.64. The number of ether oxygens (including phenoxy) is 1. The van der Waals surface area contributed by atoms with Crippen LogP contribution in [-0.2, 0) is 22.4 Å². The highest BCUT2D eigenvalue weighted by Gasteiger charge is 2.48. The van der Waals surface area contributed by atoms with Gasteiger partial charge in [0.05, 0.1) is 19.7 Å². The molecule has 2 amide bonds. The van der Waals surface area contributed by atoms with Gasteiger partial charge in [0.1, 0.15) is 11.8 Å². The number of aromatic nitrogens is 1. The minimum absolute atomic E-state index is 0.0116. The Bertz CT molecular complexity index is 1390. The minimum atomic E-state index is -0.510. The summed E-state index contributed by atoms with van der Waals surface area (Å²) in [5.41, 5.74) is 5.31. The molecule has 0 spiro atoms. The van der Waals surface area contributed by atoms with E-state index >= 15 is 0 Å². The lowest BCUT2D eigenvalue weighted by Gasteiger charge is -2.47. The van der Waals surface area contributed by atoms with Crippen LogP contribution in [0.15, 0.2) is 78.9 Å². The monoisotopic (exact) mass is 465 g/mol. The van der Waals surface area contributed by atoms with Crippen LogP contribution in [0.3, 0.4) is 0 Å². The molecule has 3 aromatic carbocycles. The minimum Gasteiger partial charge on any atom is -0.497 e. The van der Waals surface area contributed by atoms with Crippen molar-refractivity contribution in [2.24, 2.45) is 0 Å². The third-order valence-corrected chi connectivity index (χ3v) is 7.29. The molecule has 0 bridgehead atoms. The Hall–Kier alpha value is -4.06. The largest absolute Gasteiger partial charge is 0.497 e. The number of benzene rings is 3. The van der Waals surface area contributed by atoms with E-state index in [4.69, 9.17) is 4.74 Å². The lowest BCUT2D eigenvalue weighted by molar-refractivity contribution is -0.158. The third-order valence-electron chi connectivity index (χ3n) is 7.29. The highest BCUT2D eigenvalue weighted by atomic mass is 16.5. The molecule has 35 heavy (non-hydrogen) atoms. The molecule has 2 aliphatic rings. The first-order valence-corrected chi connectivity index (χ1v) is 12.0. The number of piperazine rings is 1. The number of carbonyl (C=O) groups is 2. The van der Waals surface area contributed by atoms with Gasteiger partial charge >= 0.3 is 0 Å². The third kappa shape index (κ3) is 3.66. The van der Waals surface area contributed by atoms with E-state index in [1.54, 1.807) is 12.0 Å². The van der Waals surface area contributed by atoms with Crippen molar-refractivity contribution >= 4 is 22.7 Å². The van der Waals surface area contributed by atoms with Crippen LogP contribution in [0, 0.1) is 0 Å². The van der Waals surface area contributed by atoms with E-state index in [0.717, 1.165) is 39.0 Å². The average molecular weight is 466 g/mol. The van der Waals surface area contributed by atoms with Crippen LogP contribution in [0.2, 0.25) is 0 Å². The molecule has 1 fully saturated rings. The second kappa shape index (κ2) is 8.62. The van der Waals surface area contributed by atoms with Gasteiger partial charge in [-0.15, -0.1) is 0 Å². The van der Waals surface area contributed by atoms with Gasteiger partial charge in [0, 0.05) is 29.6 Å². The molecule has 2 atom stereocenters. The summed E-state index contributed by atoms with van der Waals surface area (Å²) in [6.07, 6.45) is 1.21. The predicted molar refractivity (Wildman–Crippen MR) is 134 cm³/mol. The number of fused-ring (bicyclic) bond motifs is 4. The summed E-state index contributed by atoms with van der Waals surface area (Å²) < 4.78 is 5.24. The van der Waals surface area contributed by atoms with Crippen LogP contribution >= 0.6 is 0 Å². The van der Waals surface area contributed by atoms with Crippen molar-refractivity contribution in [3.05, 3.63) is 101 Å². The lowest BCUT2D eigenvalue weighted by atomic mass is 9.86. The molecule has 3 heterocycles. The van der Waals surface area contributed by atoms with Crippen molar-refractivity contribution < 1.29 is 14.3 Å². The summed E-state index contributed by atoms with van der Waals surface area (Å²) in [6, 6.07) is 25.2. The first-order valence-electron chi connectivity index (χ1n) is 12.0. The Balaban J connectivity index is 1.34. The van der Waals surface area contributed by atoms with Crippen molar-refractivity contribution in [2.45, 2.75) is 24.9 Å². The Labute approximate surface area is 204 Å². The molecule has 1 N–H and O–H groups in total. The second-order valence-electron chi connectivity index (χ2n) is 9.25. The molecule has 6 heteroatoms. The standard InChI is InChI=1S/C29H27N3O3/c1-35-21-13-11-19(12-14-21)15-16-31-18-26(33)32-25(29(31)34)17-23-22-9-5-6-10-24(22)30-27(23)28(32)20-7-3-2-4-8-20/h2-14,25,28,30H,15-18H2,1H3/t25-,28?/m0/s1. The summed E-state index contributed by atoms with van der Waals surface area (Å²) in [5, 5.41) is 1.12. The highest BCUT2D eigenvalue weighted by Crippen LogP contribution is 2.42. The first-order chi connectivity index (χ1) is 17.1. The van der Waals surface area contributed by atoms with Crippen molar-refractivity contribution in [2.75, 3.05) is 20.2 Å². The Morgan fingerprint density at radius 3 is 2.46 bits per heavy atom. The number of hydrogen-bond donors (Lipinski definition) is 1. The van der Waals surface area contributed by atoms with Crippen molar-refractivity contribution in [1.29, 1.82) is 0 Å². The van der Waals surface area contributed by atoms with Gasteiger partial charge in [-0.2, -0.15) is 0 Å². The van der Waals surface area contributed by atoms with Gasteiger partial charge < -0.3 is 19.5 Å². The zero-order chi connectivity index (χ0) is 23.9. The van der Waals surface area contributed by atoms with Gasteiger partial charge in [-0.3, -0.25) is 9.59 Å². The van der Waals surface area contributed by atoms with E-state index in [2.05, 4.69) is 17.1 Å². The van der Waals surface area contributed by atoms with Gasteiger partial charge in [-0.1, -0.05) is 60.7 Å². The molecule has 1 unspecified atom stereocenters. The van der Waals surface area contributed by atoms with Gasteiger partial charge in [0.25, 0.3) is 0 Å². The van der Waals surface area contributed by atoms with Crippen LogP contribution < -0.4 is 4.74 Å². The lowest BCUT2D eigenvalue weighted by Crippen LogP contribution is -2.63. The fraction of sp³-hybridized carbons (Fsp3) is 0.241. The zero-order valence-corrected chi connectivity index (χ0v) is 19.6. The van der Waals surface area contributed by atoms with E-state index in [9.17, 15) is 9.59 Å². The number of rotatable bonds is 5. The van der Waals surface area contributed by atoms with E-state index < -0.39 is 6.04 Å².